The molecule has 0 aliphatic carbocycles. The van der Waals surface area contributed by atoms with E-state index in [0.717, 1.165) is 29.0 Å². The number of rotatable bonds is 14. The summed E-state index contributed by atoms with van der Waals surface area (Å²) >= 11 is 0. The lowest BCUT2D eigenvalue weighted by Crippen LogP contribution is -2.36. The Morgan fingerprint density at radius 3 is 2.62 bits per heavy atom. The molecule has 0 fully saturated rings. The quantitative estimate of drug-likeness (QED) is 0.263. The maximum Gasteiger partial charge on any atom is 0.218 e. The highest BCUT2D eigenvalue weighted by Gasteiger charge is 2.08. The maximum atomic E-state index is 5.94. The summed E-state index contributed by atoms with van der Waals surface area (Å²) in [6.07, 6.45) is 1.71. The second-order valence-corrected chi connectivity index (χ2v) is 7.01. The molecule has 2 rings (SSSR count). The molecule has 0 saturated carbocycles. The molecule has 8 nitrogen and oxygen atoms in total. The molecule has 176 valence electrons. The maximum absolute atomic E-state index is 5.94. The average molecular weight is 445 g/mol. The highest BCUT2D eigenvalue weighted by molar-refractivity contribution is 5.79. The fraction of sp³-hybridized carbons (Fsp3) is 0.500. The number of nitrogens with zero attached hydrogens (tertiary/aromatic N) is 2. The molecule has 0 aliphatic rings. The number of hydrogen-bond donors (Lipinski definition) is 2. The molecule has 8 heteroatoms. The zero-order valence-corrected chi connectivity index (χ0v) is 19.6. The van der Waals surface area contributed by atoms with Crippen LogP contribution in [0.4, 0.5) is 0 Å². The van der Waals surface area contributed by atoms with Gasteiger partial charge >= 0.3 is 0 Å². The number of aliphatic imine (C=N–C) groups is 1. The van der Waals surface area contributed by atoms with Gasteiger partial charge in [0, 0.05) is 44.1 Å². The van der Waals surface area contributed by atoms with E-state index in [9.17, 15) is 0 Å². The molecule has 0 amide bonds. The zero-order valence-electron chi connectivity index (χ0n) is 19.6. The van der Waals surface area contributed by atoms with Crippen molar-refractivity contribution in [3.8, 4) is 11.6 Å². The third kappa shape index (κ3) is 9.11. The molecule has 0 atom stereocenters. The summed E-state index contributed by atoms with van der Waals surface area (Å²) < 4.78 is 22.1. The standard InChI is InChI=1S/C24H36N4O4/c1-5-25-24(28-18-21-8-7-11-26-23(21)32-14-12-29-4)27-17-20-10-9-19(3)16-22(20)31-15-13-30-6-2/h7-11,16H,5-6,12-15,17-18H2,1-4H3,(H2,25,27,28). The highest BCUT2D eigenvalue weighted by atomic mass is 16.5. The lowest BCUT2D eigenvalue weighted by molar-refractivity contribution is 0.110. The monoisotopic (exact) mass is 444 g/mol. The lowest BCUT2D eigenvalue weighted by atomic mass is 10.1. The van der Waals surface area contributed by atoms with Crippen molar-refractivity contribution in [2.75, 3.05) is 46.7 Å². The Bertz CT molecular complexity index is 829. The summed E-state index contributed by atoms with van der Waals surface area (Å²) in [5, 5.41) is 6.67. The molecular formula is C24H36N4O4. The molecule has 1 aromatic carbocycles. The van der Waals surface area contributed by atoms with Gasteiger partial charge in [-0.15, -0.1) is 0 Å². The minimum Gasteiger partial charge on any atom is -0.491 e. The average Bonchev–Trinajstić information content (AvgIpc) is 2.80. The molecule has 32 heavy (non-hydrogen) atoms. The van der Waals surface area contributed by atoms with Crippen molar-refractivity contribution in [1.29, 1.82) is 0 Å². The van der Waals surface area contributed by atoms with Crippen LogP contribution in [0.3, 0.4) is 0 Å². The first-order valence-corrected chi connectivity index (χ1v) is 11.1. The van der Waals surface area contributed by atoms with Gasteiger partial charge in [0.15, 0.2) is 5.96 Å². The van der Waals surface area contributed by atoms with Gasteiger partial charge in [-0.05, 0) is 38.5 Å². The van der Waals surface area contributed by atoms with E-state index in [2.05, 4.69) is 34.7 Å². The predicted octanol–water partition coefficient (Wildman–Crippen LogP) is 3.09. The third-order valence-electron chi connectivity index (χ3n) is 4.49. The van der Waals surface area contributed by atoms with Gasteiger partial charge in [-0.2, -0.15) is 0 Å². The molecule has 0 bridgehead atoms. The van der Waals surface area contributed by atoms with Crippen molar-refractivity contribution >= 4 is 5.96 Å². The number of pyridine rings is 1. The van der Waals surface area contributed by atoms with Crippen molar-refractivity contribution in [2.45, 2.75) is 33.9 Å². The number of methoxy groups -OCH3 is 1. The molecule has 0 aliphatic heterocycles. The minimum atomic E-state index is 0.442. The largest absolute Gasteiger partial charge is 0.491 e. The molecule has 1 aromatic heterocycles. The van der Waals surface area contributed by atoms with Gasteiger partial charge in [0.2, 0.25) is 5.88 Å². The van der Waals surface area contributed by atoms with Gasteiger partial charge in [-0.25, -0.2) is 9.98 Å². The van der Waals surface area contributed by atoms with Gasteiger partial charge in [-0.1, -0.05) is 18.2 Å². The van der Waals surface area contributed by atoms with Crippen molar-refractivity contribution in [3.05, 3.63) is 53.2 Å². The Hall–Kier alpha value is -2.84. The molecule has 0 radical (unpaired) electrons. The van der Waals surface area contributed by atoms with Crippen LogP contribution in [-0.2, 0) is 22.6 Å². The van der Waals surface area contributed by atoms with Gasteiger partial charge in [-0.3, -0.25) is 0 Å². The summed E-state index contributed by atoms with van der Waals surface area (Å²) in [6.45, 7) is 10.6. The van der Waals surface area contributed by atoms with E-state index in [4.69, 9.17) is 23.9 Å². The number of aromatic nitrogens is 1. The van der Waals surface area contributed by atoms with Crippen LogP contribution >= 0.6 is 0 Å². The Morgan fingerprint density at radius 1 is 1.00 bits per heavy atom. The molecule has 2 aromatic rings. The van der Waals surface area contributed by atoms with Crippen LogP contribution in [0, 0.1) is 6.92 Å². The van der Waals surface area contributed by atoms with Gasteiger partial charge in [0.25, 0.3) is 0 Å². The number of benzene rings is 1. The summed E-state index contributed by atoms with van der Waals surface area (Å²) in [5.41, 5.74) is 3.12. The van der Waals surface area contributed by atoms with Gasteiger partial charge in [0.05, 0.1) is 19.8 Å². The van der Waals surface area contributed by atoms with Crippen LogP contribution in [0.15, 0.2) is 41.5 Å². The first kappa shape index (κ1) is 25.4. The fourth-order valence-electron chi connectivity index (χ4n) is 2.88. The van der Waals surface area contributed by atoms with Gasteiger partial charge in [0.1, 0.15) is 19.0 Å². The van der Waals surface area contributed by atoms with Crippen LogP contribution in [0.1, 0.15) is 30.5 Å². The Morgan fingerprint density at radius 2 is 1.84 bits per heavy atom. The summed E-state index contributed by atoms with van der Waals surface area (Å²) in [6, 6.07) is 10.0. The lowest BCUT2D eigenvalue weighted by Gasteiger charge is -2.16. The third-order valence-corrected chi connectivity index (χ3v) is 4.49. The van der Waals surface area contributed by atoms with Crippen LogP contribution in [0.25, 0.3) is 0 Å². The Kier molecular flexibility index (Phi) is 12.0. The number of nitrogens with one attached hydrogen (secondary N) is 2. The Labute approximate surface area is 191 Å². The number of ether oxygens (including phenoxy) is 4. The summed E-state index contributed by atoms with van der Waals surface area (Å²) in [5.74, 6) is 2.14. The van der Waals surface area contributed by atoms with E-state index in [0.29, 0.717) is 58.0 Å². The smallest absolute Gasteiger partial charge is 0.218 e. The Balaban J connectivity index is 2.03. The van der Waals surface area contributed by atoms with E-state index in [1.54, 1.807) is 13.3 Å². The zero-order chi connectivity index (χ0) is 23.0. The topological polar surface area (TPSA) is 86.2 Å². The molecular weight excluding hydrogens is 408 g/mol. The summed E-state index contributed by atoms with van der Waals surface area (Å²) in [7, 11) is 1.64. The van der Waals surface area contributed by atoms with E-state index in [-0.39, 0.29) is 0 Å². The molecule has 2 N–H and O–H groups in total. The van der Waals surface area contributed by atoms with Crippen molar-refractivity contribution in [2.24, 2.45) is 4.99 Å². The number of aryl methyl sites for hydroxylation is 1. The van der Waals surface area contributed by atoms with E-state index >= 15 is 0 Å². The van der Waals surface area contributed by atoms with Gasteiger partial charge < -0.3 is 29.6 Å². The first-order valence-electron chi connectivity index (χ1n) is 11.1. The molecule has 0 spiro atoms. The van der Waals surface area contributed by atoms with Crippen LogP contribution < -0.4 is 20.1 Å². The van der Waals surface area contributed by atoms with Crippen LogP contribution in [0.5, 0.6) is 11.6 Å². The normalized spacial score (nSPS) is 11.3. The van der Waals surface area contributed by atoms with Crippen LogP contribution in [-0.4, -0.2) is 57.6 Å². The number of hydrogen-bond acceptors (Lipinski definition) is 6. The number of guanidine groups is 1. The molecule has 1 heterocycles. The van der Waals surface area contributed by atoms with E-state index in [1.165, 1.54) is 0 Å². The second-order valence-electron chi connectivity index (χ2n) is 7.01. The molecule has 0 saturated heterocycles. The van der Waals surface area contributed by atoms with E-state index in [1.807, 2.05) is 32.0 Å². The van der Waals surface area contributed by atoms with Crippen molar-refractivity contribution in [3.63, 3.8) is 0 Å². The SMILES string of the molecule is CCNC(=NCc1cccnc1OCCOC)NCc1ccc(C)cc1OCCOCC. The summed E-state index contributed by atoms with van der Waals surface area (Å²) in [4.78, 5) is 9.02. The van der Waals surface area contributed by atoms with Crippen molar-refractivity contribution < 1.29 is 18.9 Å². The van der Waals surface area contributed by atoms with Crippen LogP contribution in [0.2, 0.25) is 0 Å². The van der Waals surface area contributed by atoms with E-state index < -0.39 is 0 Å². The predicted molar refractivity (Wildman–Crippen MR) is 126 cm³/mol. The van der Waals surface area contributed by atoms with Crippen molar-refractivity contribution in [1.82, 2.24) is 15.6 Å². The first-order chi connectivity index (χ1) is 15.7. The second kappa shape index (κ2) is 15.0. The molecule has 0 unspecified atom stereocenters. The minimum absolute atomic E-state index is 0.442. The fourth-order valence-corrected chi connectivity index (χ4v) is 2.88. The highest BCUT2D eigenvalue weighted by Crippen LogP contribution is 2.20.